The lowest BCUT2D eigenvalue weighted by molar-refractivity contribution is -0.154. The van der Waals surface area contributed by atoms with Gasteiger partial charge in [-0.05, 0) is 32.3 Å². The molecule has 1 fully saturated rings. The highest BCUT2D eigenvalue weighted by Gasteiger charge is 2.46. The van der Waals surface area contributed by atoms with Gasteiger partial charge in [0.15, 0.2) is 5.78 Å². The second-order valence-electron chi connectivity index (χ2n) is 7.08. The molecule has 5 heteroatoms. The highest BCUT2D eigenvalue weighted by Crippen LogP contribution is 2.50. The Morgan fingerprint density at radius 2 is 2.12 bits per heavy atom. The molecule has 132 valence electrons. The number of allylic oxidation sites excluding steroid dienone is 3. The molecule has 2 rings (SSSR count). The zero-order valence-corrected chi connectivity index (χ0v) is 14.8. The van der Waals surface area contributed by atoms with E-state index in [4.69, 9.17) is 4.74 Å². The number of fused-ring (bicyclic) bond motifs is 1. The summed E-state index contributed by atoms with van der Waals surface area (Å²) in [7, 11) is 0. The molecule has 0 aromatic rings. The van der Waals surface area contributed by atoms with E-state index < -0.39 is 17.3 Å². The Hall–Kier alpha value is -1.91. The highest BCUT2D eigenvalue weighted by molar-refractivity contribution is 6.08. The summed E-state index contributed by atoms with van der Waals surface area (Å²) in [6.45, 7) is 7.47. The SMILES string of the molecule is CCCC(=O)OC1CCC2=CC(=O)C(C(C)C(=O)O)=CC2(C)C1C. The van der Waals surface area contributed by atoms with Crippen molar-refractivity contribution in [3.8, 4) is 0 Å². The topological polar surface area (TPSA) is 80.7 Å². The molecule has 4 unspecified atom stereocenters. The second kappa shape index (κ2) is 6.91. The molecule has 5 nitrogen and oxygen atoms in total. The summed E-state index contributed by atoms with van der Waals surface area (Å²) in [5, 5.41) is 9.24. The van der Waals surface area contributed by atoms with Crippen molar-refractivity contribution in [2.24, 2.45) is 17.3 Å². The maximum absolute atomic E-state index is 12.3. The van der Waals surface area contributed by atoms with E-state index in [0.717, 1.165) is 12.0 Å². The molecule has 0 saturated heterocycles. The number of esters is 1. The highest BCUT2D eigenvalue weighted by atomic mass is 16.5. The largest absolute Gasteiger partial charge is 0.481 e. The Morgan fingerprint density at radius 3 is 2.71 bits per heavy atom. The van der Waals surface area contributed by atoms with Crippen LogP contribution in [-0.2, 0) is 19.1 Å². The monoisotopic (exact) mass is 334 g/mol. The van der Waals surface area contributed by atoms with E-state index in [0.29, 0.717) is 24.8 Å². The first kappa shape index (κ1) is 18.4. The van der Waals surface area contributed by atoms with Gasteiger partial charge >= 0.3 is 11.9 Å². The zero-order chi connectivity index (χ0) is 18.1. The van der Waals surface area contributed by atoms with Crippen molar-refractivity contribution in [1.82, 2.24) is 0 Å². The van der Waals surface area contributed by atoms with E-state index in [2.05, 4.69) is 0 Å². The van der Waals surface area contributed by atoms with Crippen LogP contribution in [0.4, 0.5) is 0 Å². The van der Waals surface area contributed by atoms with Crippen LogP contribution in [0, 0.1) is 17.3 Å². The molecule has 0 heterocycles. The molecule has 0 aromatic heterocycles. The number of ketones is 1. The molecule has 0 amide bonds. The van der Waals surface area contributed by atoms with Crippen LogP contribution in [0.3, 0.4) is 0 Å². The molecular weight excluding hydrogens is 308 g/mol. The molecule has 0 spiro atoms. The molecule has 4 atom stereocenters. The van der Waals surface area contributed by atoms with Crippen molar-refractivity contribution in [1.29, 1.82) is 0 Å². The van der Waals surface area contributed by atoms with Gasteiger partial charge in [0.25, 0.3) is 0 Å². The van der Waals surface area contributed by atoms with Gasteiger partial charge in [-0.1, -0.05) is 32.4 Å². The van der Waals surface area contributed by atoms with Crippen LogP contribution in [0.15, 0.2) is 23.3 Å². The Balaban J connectivity index is 2.30. The molecule has 0 aliphatic heterocycles. The number of carboxylic acids is 1. The van der Waals surface area contributed by atoms with E-state index in [1.807, 2.05) is 20.8 Å². The average Bonchev–Trinajstić information content (AvgIpc) is 2.51. The molecule has 0 bridgehead atoms. The molecule has 1 saturated carbocycles. The Labute approximate surface area is 142 Å². The summed E-state index contributed by atoms with van der Waals surface area (Å²) in [4.78, 5) is 35.4. The van der Waals surface area contributed by atoms with Gasteiger partial charge in [0.05, 0.1) is 5.92 Å². The minimum Gasteiger partial charge on any atom is -0.481 e. The van der Waals surface area contributed by atoms with E-state index >= 15 is 0 Å². The van der Waals surface area contributed by atoms with Crippen LogP contribution in [0.25, 0.3) is 0 Å². The third-order valence-corrected chi connectivity index (χ3v) is 5.51. The van der Waals surface area contributed by atoms with Gasteiger partial charge in [-0.2, -0.15) is 0 Å². The van der Waals surface area contributed by atoms with Gasteiger partial charge in [-0.25, -0.2) is 0 Å². The first-order valence-corrected chi connectivity index (χ1v) is 8.61. The number of carbonyl (C=O) groups is 3. The van der Waals surface area contributed by atoms with Crippen LogP contribution in [0.1, 0.15) is 53.4 Å². The van der Waals surface area contributed by atoms with Gasteiger partial charge < -0.3 is 9.84 Å². The maximum Gasteiger partial charge on any atom is 0.310 e. The first-order chi connectivity index (χ1) is 11.2. The second-order valence-corrected chi connectivity index (χ2v) is 7.08. The number of ether oxygens (including phenoxy) is 1. The van der Waals surface area contributed by atoms with Gasteiger partial charge in [0.2, 0.25) is 0 Å². The van der Waals surface area contributed by atoms with Crippen molar-refractivity contribution in [3.63, 3.8) is 0 Å². The predicted molar refractivity (Wildman–Crippen MR) is 89.3 cm³/mol. The van der Waals surface area contributed by atoms with Crippen LogP contribution < -0.4 is 0 Å². The van der Waals surface area contributed by atoms with Gasteiger partial charge in [0.1, 0.15) is 6.10 Å². The summed E-state index contributed by atoms with van der Waals surface area (Å²) >= 11 is 0. The third-order valence-electron chi connectivity index (χ3n) is 5.51. The Morgan fingerprint density at radius 1 is 1.46 bits per heavy atom. The molecule has 2 aliphatic rings. The van der Waals surface area contributed by atoms with Crippen LogP contribution >= 0.6 is 0 Å². The fourth-order valence-corrected chi connectivity index (χ4v) is 3.65. The zero-order valence-electron chi connectivity index (χ0n) is 14.8. The van der Waals surface area contributed by atoms with E-state index in [1.165, 1.54) is 6.92 Å². The lowest BCUT2D eigenvalue weighted by atomic mass is 9.60. The van der Waals surface area contributed by atoms with Gasteiger partial charge in [-0.3, -0.25) is 14.4 Å². The summed E-state index contributed by atoms with van der Waals surface area (Å²) in [6, 6.07) is 0. The van der Waals surface area contributed by atoms with E-state index in [-0.39, 0.29) is 23.8 Å². The average molecular weight is 334 g/mol. The molecule has 24 heavy (non-hydrogen) atoms. The summed E-state index contributed by atoms with van der Waals surface area (Å²) in [6.07, 6.45) is 5.71. The first-order valence-electron chi connectivity index (χ1n) is 8.61. The third kappa shape index (κ3) is 3.30. The number of aliphatic carboxylic acids is 1. The number of hydrogen-bond donors (Lipinski definition) is 1. The van der Waals surface area contributed by atoms with E-state index in [9.17, 15) is 19.5 Å². The lowest BCUT2D eigenvalue weighted by Gasteiger charge is -2.46. The summed E-state index contributed by atoms with van der Waals surface area (Å²) < 4.78 is 5.63. The fraction of sp³-hybridized carbons (Fsp3) is 0.632. The van der Waals surface area contributed by atoms with E-state index in [1.54, 1.807) is 12.2 Å². The van der Waals surface area contributed by atoms with Crippen LogP contribution in [0.5, 0.6) is 0 Å². The fourth-order valence-electron chi connectivity index (χ4n) is 3.65. The number of rotatable bonds is 5. The van der Waals surface area contributed by atoms with Gasteiger partial charge in [0, 0.05) is 23.3 Å². The summed E-state index contributed by atoms with van der Waals surface area (Å²) in [5.41, 5.74) is 0.868. The van der Waals surface area contributed by atoms with Crippen molar-refractivity contribution in [2.75, 3.05) is 0 Å². The Bertz CT molecular complexity index is 615. The lowest BCUT2D eigenvalue weighted by Crippen LogP contribution is -2.43. The van der Waals surface area contributed by atoms with Gasteiger partial charge in [-0.15, -0.1) is 0 Å². The number of carboxylic acid groups (broad SMARTS) is 1. The standard InChI is InChI=1S/C19H26O5/c1-5-6-17(21)24-16-8-7-13-9-15(20)14(11(2)18(22)23)10-19(13,4)12(16)3/h9-12,16H,5-8H2,1-4H3,(H,22,23). The maximum atomic E-state index is 12.3. The smallest absolute Gasteiger partial charge is 0.310 e. The quantitative estimate of drug-likeness (QED) is 0.780. The predicted octanol–water partition coefficient (Wildman–Crippen LogP) is 3.29. The molecule has 0 radical (unpaired) electrons. The summed E-state index contributed by atoms with van der Waals surface area (Å²) in [5.74, 6) is -2.28. The normalized spacial score (nSPS) is 30.8. The van der Waals surface area contributed by atoms with Crippen molar-refractivity contribution >= 4 is 17.7 Å². The Kier molecular flexibility index (Phi) is 5.31. The van der Waals surface area contributed by atoms with Crippen LogP contribution in [-0.4, -0.2) is 28.9 Å². The number of carbonyl (C=O) groups excluding carboxylic acids is 2. The van der Waals surface area contributed by atoms with Crippen molar-refractivity contribution < 1.29 is 24.2 Å². The number of hydrogen-bond acceptors (Lipinski definition) is 4. The van der Waals surface area contributed by atoms with Crippen molar-refractivity contribution in [2.45, 2.75) is 59.5 Å². The van der Waals surface area contributed by atoms with Crippen LogP contribution in [0.2, 0.25) is 0 Å². The van der Waals surface area contributed by atoms with Crippen molar-refractivity contribution in [3.05, 3.63) is 23.3 Å². The minimum absolute atomic E-state index is 0.0117. The molecule has 0 aromatic carbocycles. The molecule has 2 aliphatic carbocycles. The minimum atomic E-state index is -1.01. The molecular formula is C19H26O5. The molecule has 1 N–H and O–H groups in total.